The largest absolute Gasteiger partial charge is 0.317 e. The molecule has 0 saturated carbocycles. The van der Waals surface area contributed by atoms with Gasteiger partial charge in [0.15, 0.2) is 0 Å². The summed E-state index contributed by atoms with van der Waals surface area (Å²) in [6.45, 7) is 4.38. The van der Waals surface area contributed by atoms with Gasteiger partial charge in [0.05, 0.1) is 0 Å². The van der Waals surface area contributed by atoms with Crippen LogP contribution in [0.4, 0.5) is 0 Å². The molecule has 0 aliphatic heterocycles. The Bertz CT molecular complexity index is 564. The molecule has 106 valence electrons. The summed E-state index contributed by atoms with van der Waals surface area (Å²) in [7, 11) is 0. The smallest absolute Gasteiger partial charge is 0.125 e. The average Bonchev–Trinajstić information content (AvgIpc) is 2.88. The minimum Gasteiger partial charge on any atom is -0.317 e. The highest BCUT2D eigenvalue weighted by molar-refractivity contribution is 7.11. The quantitative estimate of drug-likeness (QED) is 0.795. The van der Waals surface area contributed by atoms with E-state index in [9.17, 15) is 0 Å². The summed E-state index contributed by atoms with van der Waals surface area (Å²) in [6.07, 6.45) is 4.52. The van der Waals surface area contributed by atoms with Gasteiger partial charge in [-0.1, -0.05) is 31.2 Å². The van der Waals surface area contributed by atoms with E-state index in [1.54, 1.807) is 11.3 Å². The van der Waals surface area contributed by atoms with Crippen molar-refractivity contribution in [1.82, 2.24) is 15.5 Å². The van der Waals surface area contributed by atoms with Crippen molar-refractivity contribution >= 4 is 11.3 Å². The molecule has 0 saturated heterocycles. The Labute approximate surface area is 124 Å². The second kappa shape index (κ2) is 6.46. The lowest BCUT2D eigenvalue weighted by atomic mass is 9.78. The first-order chi connectivity index (χ1) is 9.88. The normalized spacial score (nSPS) is 16.8. The van der Waals surface area contributed by atoms with Gasteiger partial charge in [0.25, 0.3) is 0 Å². The zero-order valence-electron chi connectivity index (χ0n) is 11.9. The van der Waals surface area contributed by atoms with Crippen molar-refractivity contribution < 1.29 is 0 Å². The SMILES string of the molecule is CCCNCCCc1nnc(C2Cc3ccccc32)s1. The molecular weight excluding hydrogens is 266 g/mol. The molecule has 1 aliphatic rings. The van der Waals surface area contributed by atoms with Crippen molar-refractivity contribution in [2.24, 2.45) is 0 Å². The number of aromatic nitrogens is 2. The fourth-order valence-corrected chi connectivity index (χ4v) is 3.66. The summed E-state index contributed by atoms with van der Waals surface area (Å²) < 4.78 is 0. The zero-order valence-corrected chi connectivity index (χ0v) is 12.7. The first kappa shape index (κ1) is 13.7. The summed E-state index contributed by atoms with van der Waals surface area (Å²) in [5.41, 5.74) is 2.91. The minimum absolute atomic E-state index is 0.496. The second-order valence-corrected chi connectivity index (χ2v) is 6.44. The number of rotatable bonds is 7. The van der Waals surface area contributed by atoms with Crippen LogP contribution >= 0.6 is 11.3 Å². The van der Waals surface area contributed by atoms with Gasteiger partial charge in [0.1, 0.15) is 10.0 Å². The van der Waals surface area contributed by atoms with Crippen LogP contribution in [0.5, 0.6) is 0 Å². The number of hydrogen-bond donors (Lipinski definition) is 1. The van der Waals surface area contributed by atoms with Gasteiger partial charge in [0, 0.05) is 12.3 Å². The van der Waals surface area contributed by atoms with Crippen LogP contribution in [0.25, 0.3) is 0 Å². The first-order valence-electron chi connectivity index (χ1n) is 7.49. The molecule has 20 heavy (non-hydrogen) atoms. The maximum absolute atomic E-state index is 4.40. The highest BCUT2D eigenvalue weighted by atomic mass is 32.1. The summed E-state index contributed by atoms with van der Waals surface area (Å²) in [4.78, 5) is 0. The molecule has 0 fully saturated rings. The predicted octanol–water partition coefficient (Wildman–Crippen LogP) is 3.16. The topological polar surface area (TPSA) is 37.8 Å². The molecule has 0 amide bonds. The molecule has 1 heterocycles. The van der Waals surface area contributed by atoms with Crippen LogP contribution < -0.4 is 5.32 Å². The molecule has 4 heteroatoms. The van der Waals surface area contributed by atoms with E-state index in [4.69, 9.17) is 0 Å². The standard InChI is InChI=1S/C16H21N3S/c1-2-9-17-10-5-8-15-18-19-16(20-15)14-11-12-6-3-4-7-13(12)14/h3-4,6-7,14,17H,2,5,8-11H2,1H3. The molecule has 1 N–H and O–H groups in total. The van der Waals surface area contributed by atoms with Crippen LogP contribution in [-0.2, 0) is 12.8 Å². The molecule has 3 rings (SSSR count). The minimum atomic E-state index is 0.496. The number of aryl methyl sites for hydroxylation is 1. The Morgan fingerprint density at radius 1 is 1.25 bits per heavy atom. The van der Waals surface area contributed by atoms with Gasteiger partial charge in [0.2, 0.25) is 0 Å². The lowest BCUT2D eigenvalue weighted by molar-refractivity contribution is 0.637. The van der Waals surface area contributed by atoms with E-state index in [0.717, 1.165) is 32.4 Å². The van der Waals surface area contributed by atoms with Crippen LogP contribution in [0.1, 0.15) is 46.8 Å². The Hall–Kier alpha value is -1.26. The van der Waals surface area contributed by atoms with Gasteiger partial charge in [-0.3, -0.25) is 0 Å². The summed E-state index contributed by atoms with van der Waals surface area (Å²) in [6, 6.07) is 8.67. The van der Waals surface area contributed by atoms with E-state index in [1.165, 1.54) is 27.6 Å². The Morgan fingerprint density at radius 3 is 3.00 bits per heavy atom. The maximum atomic E-state index is 4.40. The number of hydrogen-bond acceptors (Lipinski definition) is 4. The molecular formula is C16H21N3S. The van der Waals surface area contributed by atoms with Crippen molar-refractivity contribution in [2.75, 3.05) is 13.1 Å². The monoisotopic (exact) mass is 287 g/mol. The molecule has 2 aromatic rings. The van der Waals surface area contributed by atoms with Crippen molar-refractivity contribution in [3.05, 3.63) is 45.4 Å². The van der Waals surface area contributed by atoms with E-state index in [2.05, 4.69) is 46.7 Å². The Kier molecular flexibility index (Phi) is 4.43. The van der Waals surface area contributed by atoms with Gasteiger partial charge in [-0.25, -0.2) is 0 Å². The van der Waals surface area contributed by atoms with E-state index in [-0.39, 0.29) is 0 Å². The third-order valence-electron chi connectivity index (χ3n) is 3.81. The summed E-state index contributed by atoms with van der Waals surface area (Å²) in [5, 5.41) is 14.6. The number of fused-ring (bicyclic) bond motifs is 1. The highest BCUT2D eigenvalue weighted by Crippen LogP contribution is 2.40. The molecule has 0 radical (unpaired) electrons. The number of benzene rings is 1. The third kappa shape index (κ3) is 2.91. The fraction of sp³-hybridized carbons (Fsp3) is 0.500. The van der Waals surface area contributed by atoms with Gasteiger partial charge in [-0.15, -0.1) is 21.5 Å². The van der Waals surface area contributed by atoms with Gasteiger partial charge < -0.3 is 5.32 Å². The molecule has 1 atom stereocenters. The summed E-state index contributed by atoms with van der Waals surface area (Å²) in [5.74, 6) is 0.496. The molecule has 1 aliphatic carbocycles. The van der Waals surface area contributed by atoms with E-state index in [1.807, 2.05) is 0 Å². The molecule has 3 nitrogen and oxygen atoms in total. The second-order valence-electron chi connectivity index (χ2n) is 5.34. The molecule has 0 spiro atoms. The molecule has 1 unspecified atom stereocenters. The van der Waals surface area contributed by atoms with Crippen molar-refractivity contribution in [2.45, 2.75) is 38.5 Å². The average molecular weight is 287 g/mol. The van der Waals surface area contributed by atoms with Crippen LogP contribution in [0.2, 0.25) is 0 Å². The lowest BCUT2D eigenvalue weighted by Crippen LogP contribution is -2.17. The Balaban J connectivity index is 1.53. The van der Waals surface area contributed by atoms with Crippen LogP contribution in [0.3, 0.4) is 0 Å². The highest BCUT2D eigenvalue weighted by Gasteiger charge is 2.29. The van der Waals surface area contributed by atoms with Gasteiger partial charge in [-0.2, -0.15) is 0 Å². The lowest BCUT2D eigenvalue weighted by Gasteiger charge is -2.27. The van der Waals surface area contributed by atoms with Gasteiger partial charge >= 0.3 is 0 Å². The van der Waals surface area contributed by atoms with Crippen molar-refractivity contribution in [3.63, 3.8) is 0 Å². The fourth-order valence-electron chi connectivity index (χ4n) is 2.65. The van der Waals surface area contributed by atoms with E-state index >= 15 is 0 Å². The Morgan fingerprint density at radius 2 is 2.15 bits per heavy atom. The molecule has 0 bridgehead atoms. The number of nitrogens with zero attached hydrogens (tertiary/aromatic N) is 2. The molecule has 1 aromatic heterocycles. The van der Waals surface area contributed by atoms with Crippen LogP contribution in [-0.4, -0.2) is 23.3 Å². The predicted molar refractivity (Wildman–Crippen MR) is 83.4 cm³/mol. The number of nitrogens with one attached hydrogen (secondary N) is 1. The van der Waals surface area contributed by atoms with Crippen molar-refractivity contribution in [1.29, 1.82) is 0 Å². The molecule has 1 aromatic carbocycles. The van der Waals surface area contributed by atoms with E-state index < -0.39 is 0 Å². The van der Waals surface area contributed by atoms with Crippen molar-refractivity contribution in [3.8, 4) is 0 Å². The van der Waals surface area contributed by atoms with Crippen LogP contribution in [0.15, 0.2) is 24.3 Å². The summed E-state index contributed by atoms with van der Waals surface area (Å²) >= 11 is 1.79. The third-order valence-corrected chi connectivity index (χ3v) is 4.90. The van der Waals surface area contributed by atoms with Gasteiger partial charge in [-0.05, 0) is 43.5 Å². The zero-order chi connectivity index (χ0) is 13.8. The van der Waals surface area contributed by atoms with Crippen LogP contribution in [0, 0.1) is 0 Å². The maximum Gasteiger partial charge on any atom is 0.125 e. The first-order valence-corrected chi connectivity index (χ1v) is 8.31. The van der Waals surface area contributed by atoms with E-state index in [0.29, 0.717) is 5.92 Å².